The van der Waals surface area contributed by atoms with Crippen molar-refractivity contribution in [1.82, 2.24) is 15.1 Å². The van der Waals surface area contributed by atoms with Gasteiger partial charge in [-0.3, -0.25) is 4.79 Å². The van der Waals surface area contributed by atoms with Crippen LogP contribution in [0.5, 0.6) is 0 Å². The molecule has 1 aromatic heterocycles. The second-order valence-corrected chi connectivity index (χ2v) is 5.26. The summed E-state index contributed by atoms with van der Waals surface area (Å²) in [7, 11) is 0. The molecule has 0 aliphatic carbocycles. The lowest BCUT2D eigenvalue weighted by molar-refractivity contribution is 0.535. The van der Waals surface area contributed by atoms with Crippen LogP contribution < -0.4 is 15.8 Å². The van der Waals surface area contributed by atoms with E-state index in [-0.39, 0.29) is 5.56 Å². The van der Waals surface area contributed by atoms with E-state index >= 15 is 0 Å². The molecule has 100 valence electrons. The van der Waals surface area contributed by atoms with Crippen LogP contribution in [0.1, 0.15) is 19.8 Å². The van der Waals surface area contributed by atoms with Crippen LogP contribution in [0.15, 0.2) is 15.5 Å². The van der Waals surface area contributed by atoms with Gasteiger partial charge in [0.25, 0.3) is 5.56 Å². The molecule has 0 spiro atoms. The van der Waals surface area contributed by atoms with Crippen LogP contribution in [0.25, 0.3) is 0 Å². The zero-order valence-electron chi connectivity index (χ0n) is 10.7. The van der Waals surface area contributed by atoms with Crippen LogP contribution in [-0.4, -0.2) is 36.0 Å². The van der Waals surface area contributed by atoms with Crippen molar-refractivity contribution in [2.24, 2.45) is 0 Å². The van der Waals surface area contributed by atoms with Crippen molar-refractivity contribution in [3.63, 3.8) is 0 Å². The van der Waals surface area contributed by atoms with E-state index in [0.29, 0.717) is 11.0 Å². The molecule has 0 unspecified atom stereocenters. The van der Waals surface area contributed by atoms with Gasteiger partial charge in [0.1, 0.15) is 4.47 Å². The fourth-order valence-electron chi connectivity index (χ4n) is 2.05. The van der Waals surface area contributed by atoms with E-state index < -0.39 is 0 Å². The maximum absolute atomic E-state index is 12.1. The van der Waals surface area contributed by atoms with Crippen molar-refractivity contribution in [3.8, 4) is 0 Å². The van der Waals surface area contributed by atoms with Crippen molar-refractivity contribution in [1.29, 1.82) is 0 Å². The van der Waals surface area contributed by atoms with Crippen LogP contribution in [-0.2, 0) is 6.54 Å². The van der Waals surface area contributed by atoms with Crippen molar-refractivity contribution < 1.29 is 0 Å². The molecule has 2 heterocycles. The maximum atomic E-state index is 12.1. The van der Waals surface area contributed by atoms with Gasteiger partial charge in [-0.05, 0) is 22.4 Å². The number of anilines is 1. The molecule has 0 bridgehead atoms. The van der Waals surface area contributed by atoms with Crippen LogP contribution in [0.2, 0.25) is 0 Å². The van der Waals surface area contributed by atoms with Crippen molar-refractivity contribution in [2.75, 3.05) is 31.1 Å². The number of halogens is 1. The van der Waals surface area contributed by atoms with Gasteiger partial charge in [0.15, 0.2) is 0 Å². The number of hydrogen-bond donors (Lipinski definition) is 1. The lowest BCUT2D eigenvalue weighted by Crippen LogP contribution is -2.44. The number of rotatable bonds is 4. The largest absolute Gasteiger partial charge is 0.367 e. The minimum Gasteiger partial charge on any atom is -0.367 e. The molecule has 1 N–H and O–H groups in total. The molecule has 1 fully saturated rings. The first-order valence-corrected chi connectivity index (χ1v) is 7.24. The second-order valence-electron chi connectivity index (χ2n) is 4.46. The predicted molar refractivity (Wildman–Crippen MR) is 76.2 cm³/mol. The first-order valence-electron chi connectivity index (χ1n) is 6.45. The fourth-order valence-corrected chi connectivity index (χ4v) is 2.61. The zero-order valence-corrected chi connectivity index (χ0v) is 12.2. The van der Waals surface area contributed by atoms with Crippen molar-refractivity contribution in [3.05, 3.63) is 21.0 Å². The number of piperazine rings is 1. The van der Waals surface area contributed by atoms with E-state index in [1.807, 2.05) is 0 Å². The lowest BCUT2D eigenvalue weighted by Gasteiger charge is -2.29. The summed E-state index contributed by atoms with van der Waals surface area (Å²) in [4.78, 5) is 14.3. The molecular weight excluding hydrogens is 296 g/mol. The highest BCUT2D eigenvalue weighted by Crippen LogP contribution is 2.21. The first kappa shape index (κ1) is 13.5. The van der Waals surface area contributed by atoms with Crippen molar-refractivity contribution >= 4 is 21.6 Å². The molecule has 18 heavy (non-hydrogen) atoms. The molecule has 1 aromatic rings. The molecule has 1 aliphatic rings. The Kier molecular flexibility index (Phi) is 4.77. The van der Waals surface area contributed by atoms with Crippen LogP contribution in [0, 0.1) is 0 Å². The number of nitrogens with one attached hydrogen (secondary N) is 1. The summed E-state index contributed by atoms with van der Waals surface area (Å²) in [5.74, 6) is 0. The van der Waals surface area contributed by atoms with Crippen LogP contribution in [0.3, 0.4) is 0 Å². The Labute approximate surface area is 115 Å². The minimum absolute atomic E-state index is 0.0283. The highest BCUT2D eigenvalue weighted by molar-refractivity contribution is 9.10. The molecule has 0 aromatic carbocycles. The normalized spacial score (nSPS) is 16.0. The zero-order chi connectivity index (χ0) is 13.0. The number of aromatic nitrogens is 2. The Morgan fingerprint density at radius 1 is 1.44 bits per heavy atom. The number of aryl methyl sites for hydroxylation is 1. The van der Waals surface area contributed by atoms with Crippen LogP contribution >= 0.6 is 15.9 Å². The predicted octanol–water partition coefficient (Wildman–Crippen LogP) is 1.22. The van der Waals surface area contributed by atoms with Gasteiger partial charge in [0.05, 0.1) is 11.9 Å². The summed E-state index contributed by atoms with van der Waals surface area (Å²) in [6, 6.07) is 0. The number of nitrogens with zero attached hydrogens (tertiary/aromatic N) is 3. The molecule has 0 radical (unpaired) electrons. The molecule has 1 saturated heterocycles. The van der Waals surface area contributed by atoms with Gasteiger partial charge in [-0.15, -0.1) is 0 Å². The molecule has 0 saturated carbocycles. The lowest BCUT2D eigenvalue weighted by atomic mass is 10.3. The highest BCUT2D eigenvalue weighted by Gasteiger charge is 2.16. The van der Waals surface area contributed by atoms with E-state index in [4.69, 9.17) is 0 Å². The second kappa shape index (κ2) is 6.33. The average Bonchev–Trinajstić information content (AvgIpc) is 2.41. The molecule has 6 heteroatoms. The van der Waals surface area contributed by atoms with E-state index in [1.54, 1.807) is 10.9 Å². The summed E-state index contributed by atoms with van der Waals surface area (Å²) in [5.41, 5.74) is 0.883. The SMILES string of the molecule is CCCCn1ncc(N2CCNCC2)c(Br)c1=O. The van der Waals surface area contributed by atoms with E-state index in [1.165, 1.54) is 0 Å². The Morgan fingerprint density at radius 2 is 2.17 bits per heavy atom. The summed E-state index contributed by atoms with van der Waals surface area (Å²) in [6.45, 7) is 6.53. The maximum Gasteiger partial charge on any atom is 0.283 e. The van der Waals surface area contributed by atoms with Gasteiger partial charge in [-0.25, -0.2) is 4.68 Å². The van der Waals surface area contributed by atoms with Crippen LogP contribution in [0.4, 0.5) is 5.69 Å². The van der Waals surface area contributed by atoms with E-state index in [2.05, 4.69) is 38.2 Å². The minimum atomic E-state index is -0.0283. The molecule has 0 amide bonds. The third kappa shape index (κ3) is 2.92. The molecule has 1 aliphatic heterocycles. The molecule has 5 nitrogen and oxygen atoms in total. The molecular formula is C12H19BrN4O. The third-order valence-electron chi connectivity index (χ3n) is 3.15. The Bertz CT molecular complexity index is 454. The Hall–Kier alpha value is -0.880. The van der Waals surface area contributed by atoms with Gasteiger partial charge in [0.2, 0.25) is 0 Å². The topological polar surface area (TPSA) is 50.2 Å². The Morgan fingerprint density at radius 3 is 2.83 bits per heavy atom. The van der Waals surface area contributed by atoms with Crippen molar-refractivity contribution in [2.45, 2.75) is 26.3 Å². The summed E-state index contributed by atoms with van der Waals surface area (Å²) < 4.78 is 2.18. The van der Waals surface area contributed by atoms with Gasteiger partial charge in [-0.2, -0.15) is 5.10 Å². The number of hydrogen-bond acceptors (Lipinski definition) is 4. The average molecular weight is 315 g/mol. The van der Waals surface area contributed by atoms with Gasteiger partial charge >= 0.3 is 0 Å². The summed E-state index contributed by atoms with van der Waals surface area (Å²) in [5, 5.41) is 7.56. The standard InChI is InChI=1S/C12H19BrN4O/c1-2-3-6-17-12(18)11(13)10(9-15-17)16-7-4-14-5-8-16/h9,14H,2-8H2,1H3. The van der Waals surface area contributed by atoms with Gasteiger partial charge < -0.3 is 10.2 Å². The van der Waals surface area contributed by atoms with E-state index in [0.717, 1.165) is 44.7 Å². The third-order valence-corrected chi connectivity index (χ3v) is 3.89. The smallest absolute Gasteiger partial charge is 0.283 e. The van der Waals surface area contributed by atoms with Gasteiger partial charge in [-0.1, -0.05) is 13.3 Å². The summed E-state index contributed by atoms with van der Waals surface area (Å²) in [6.07, 6.45) is 3.84. The first-order chi connectivity index (χ1) is 8.74. The summed E-state index contributed by atoms with van der Waals surface area (Å²) >= 11 is 3.42. The molecule has 0 atom stereocenters. The molecule has 2 rings (SSSR count). The monoisotopic (exact) mass is 314 g/mol. The quantitative estimate of drug-likeness (QED) is 0.908. The fraction of sp³-hybridized carbons (Fsp3) is 0.667. The Balaban J connectivity index is 2.22. The number of unbranched alkanes of at least 4 members (excludes halogenated alkanes) is 1. The highest BCUT2D eigenvalue weighted by atomic mass is 79.9. The van der Waals surface area contributed by atoms with Gasteiger partial charge in [0, 0.05) is 32.7 Å². The van der Waals surface area contributed by atoms with E-state index in [9.17, 15) is 4.79 Å².